The predicted octanol–water partition coefficient (Wildman–Crippen LogP) is 1.00. The Hall–Kier alpha value is -1.23. The number of hydrogen-bond acceptors (Lipinski definition) is 7. The molecule has 2 heterocycles. The van der Waals surface area contributed by atoms with E-state index in [0.29, 0.717) is 17.9 Å². The smallest absolute Gasteiger partial charge is 0.304 e. The van der Waals surface area contributed by atoms with Crippen LogP contribution in [0, 0.1) is 10.1 Å². The Morgan fingerprint density at radius 2 is 2.14 bits per heavy atom. The first kappa shape index (κ1) is 16.1. The van der Waals surface area contributed by atoms with Gasteiger partial charge in [-0.05, 0) is 32.9 Å². The van der Waals surface area contributed by atoms with Gasteiger partial charge in [-0.3, -0.25) is 10.1 Å². The Bertz CT molecular complexity index is 622. The number of nitrogens with two attached hydrogens (primary N) is 1. The number of thiophene rings is 1. The highest BCUT2D eigenvalue weighted by Crippen LogP contribution is 2.34. The van der Waals surface area contributed by atoms with Crippen molar-refractivity contribution >= 4 is 32.0 Å². The molecular weight excluding hydrogens is 316 g/mol. The molecule has 1 fully saturated rings. The molecule has 0 saturated carbocycles. The van der Waals surface area contributed by atoms with Crippen LogP contribution < -0.4 is 10.5 Å². The van der Waals surface area contributed by atoms with Gasteiger partial charge in [-0.2, -0.15) is 0 Å². The van der Waals surface area contributed by atoms with Crippen LogP contribution in [0.25, 0.3) is 0 Å². The highest BCUT2D eigenvalue weighted by molar-refractivity contribution is 7.91. The maximum Gasteiger partial charge on any atom is 0.304 e. The van der Waals surface area contributed by atoms with E-state index >= 15 is 0 Å². The Morgan fingerprint density at radius 3 is 2.67 bits per heavy atom. The summed E-state index contributed by atoms with van der Waals surface area (Å²) in [6, 6.07) is 0.737. The Balaban J connectivity index is 2.07. The quantitative estimate of drug-likeness (QED) is 0.592. The lowest BCUT2D eigenvalue weighted by Gasteiger charge is -2.20. The third kappa shape index (κ3) is 3.90. The van der Waals surface area contributed by atoms with Crippen LogP contribution in [-0.4, -0.2) is 43.9 Å². The van der Waals surface area contributed by atoms with Crippen LogP contribution in [0.5, 0.6) is 0 Å². The summed E-state index contributed by atoms with van der Waals surface area (Å²) in [5.41, 5.74) is 5.11. The fraction of sp³-hybridized carbons (Fsp3) is 0.636. The van der Waals surface area contributed by atoms with E-state index in [2.05, 4.69) is 9.62 Å². The monoisotopic (exact) mass is 334 g/mol. The van der Waals surface area contributed by atoms with Crippen molar-refractivity contribution in [2.45, 2.75) is 30.0 Å². The molecule has 21 heavy (non-hydrogen) atoms. The number of nitrogens with zero attached hydrogens (tertiary/aromatic N) is 2. The van der Waals surface area contributed by atoms with Crippen LogP contribution in [-0.2, 0) is 10.0 Å². The largest absolute Gasteiger partial charge is 0.385 e. The Morgan fingerprint density at radius 1 is 1.52 bits per heavy atom. The summed E-state index contributed by atoms with van der Waals surface area (Å²) in [6.07, 6.45) is 2.26. The van der Waals surface area contributed by atoms with Gasteiger partial charge in [0.1, 0.15) is 4.21 Å². The van der Waals surface area contributed by atoms with E-state index in [1.54, 1.807) is 6.92 Å². The minimum atomic E-state index is -3.78. The van der Waals surface area contributed by atoms with Gasteiger partial charge in [0, 0.05) is 18.7 Å². The van der Waals surface area contributed by atoms with Gasteiger partial charge in [0.05, 0.1) is 4.92 Å². The van der Waals surface area contributed by atoms with Crippen molar-refractivity contribution in [2.75, 3.05) is 25.4 Å². The van der Waals surface area contributed by atoms with E-state index in [-0.39, 0.29) is 20.9 Å². The lowest BCUT2D eigenvalue weighted by atomic mass is 10.3. The minimum Gasteiger partial charge on any atom is -0.385 e. The molecule has 3 N–H and O–H groups in total. The van der Waals surface area contributed by atoms with E-state index in [0.717, 1.165) is 32.0 Å². The molecule has 1 atom stereocenters. The third-order valence-electron chi connectivity index (χ3n) is 3.27. The molecule has 0 spiro atoms. The summed E-state index contributed by atoms with van der Waals surface area (Å²) < 4.78 is 26.8. The van der Waals surface area contributed by atoms with E-state index < -0.39 is 14.9 Å². The molecule has 1 aliphatic rings. The number of likely N-dealkylation sites (tertiary alicyclic amines) is 1. The van der Waals surface area contributed by atoms with Gasteiger partial charge in [-0.1, -0.05) is 11.3 Å². The number of nitro groups is 1. The Kier molecular flexibility index (Phi) is 4.81. The summed E-state index contributed by atoms with van der Waals surface area (Å²) in [5.74, 6) is 0. The predicted molar refractivity (Wildman–Crippen MR) is 80.8 cm³/mol. The molecule has 0 amide bonds. The molecule has 0 bridgehead atoms. The van der Waals surface area contributed by atoms with Crippen molar-refractivity contribution in [1.82, 2.24) is 9.62 Å². The fourth-order valence-corrected chi connectivity index (χ4v) is 4.83. The number of anilines is 1. The standard InChI is InChI=1S/C11H18N4O4S2/c1-8(7-14-4-2-3-5-14)13-21(18,19)10-6-9(15(16)17)11(12)20-10/h6,8,13H,2-5,7,12H2,1H3. The zero-order valence-corrected chi connectivity index (χ0v) is 13.2. The van der Waals surface area contributed by atoms with Crippen LogP contribution >= 0.6 is 11.3 Å². The van der Waals surface area contributed by atoms with Gasteiger partial charge in [0.25, 0.3) is 10.0 Å². The van der Waals surface area contributed by atoms with E-state index in [4.69, 9.17) is 5.73 Å². The number of nitrogen functional groups attached to an aromatic ring is 1. The first-order valence-corrected chi connectivity index (χ1v) is 8.88. The summed E-state index contributed by atoms with van der Waals surface area (Å²) in [4.78, 5) is 12.2. The van der Waals surface area contributed by atoms with Crippen LogP contribution in [0.1, 0.15) is 19.8 Å². The molecule has 1 aromatic heterocycles. The average Bonchev–Trinajstić information content (AvgIpc) is 2.97. The fourth-order valence-electron chi connectivity index (χ4n) is 2.36. The summed E-state index contributed by atoms with van der Waals surface area (Å²) in [5, 5.41) is 10.6. The Labute approximate surface area is 127 Å². The highest BCUT2D eigenvalue weighted by Gasteiger charge is 2.26. The van der Waals surface area contributed by atoms with Crippen molar-refractivity contribution in [3.63, 3.8) is 0 Å². The van der Waals surface area contributed by atoms with Crippen molar-refractivity contribution in [3.8, 4) is 0 Å². The van der Waals surface area contributed by atoms with Crippen LogP contribution in [0.15, 0.2) is 10.3 Å². The lowest BCUT2D eigenvalue weighted by Crippen LogP contribution is -2.40. The molecule has 0 aromatic carbocycles. The van der Waals surface area contributed by atoms with Gasteiger partial charge in [-0.15, -0.1) is 0 Å². The molecule has 0 aliphatic carbocycles. The third-order valence-corrected chi connectivity index (χ3v) is 6.28. The normalized spacial score (nSPS) is 18.0. The molecule has 0 radical (unpaired) electrons. The maximum absolute atomic E-state index is 12.2. The van der Waals surface area contributed by atoms with Crippen LogP contribution in [0.4, 0.5) is 10.7 Å². The number of nitrogens with one attached hydrogen (secondary N) is 1. The van der Waals surface area contributed by atoms with Gasteiger partial charge in [0.15, 0.2) is 5.00 Å². The highest BCUT2D eigenvalue weighted by atomic mass is 32.2. The first-order chi connectivity index (χ1) is 9.79. The van der Waals surface area contributed by atoms with Crippen molar-refractivity contribution < 1.29 is 13.3 Å². The van der Waals surface area contributed by atoms with Crippen molar-refractivity contribution in [1.29, 1.82) is 0 Å². The second-order valence-corrected chi connectivity index (χ2v) is 8.13. The molecule has 1 saturated heterocycles. The molecule has 1 aromatic rings. The molecule has 8 nitrogen and oxygen atoms in total. The minimum absolute atomic E-state index is 0.104. The topological polar surface area (TPSA) is 119 Å². The molecule has 1 unspecified atom stereocenters. The molecule has 1 aliphatic heterocycles. The molecule has 10 heteroatoms. The zero-order valence-electron chi connectivity index (χ0n) is 11.6. The zero-order chi connectivity index (χ0) is 15.6. The van der Waals surface area contributed by atoms with Gasteiger partial charge >= 0.3 is 5.69 Å². The van der Waals surface area contributed by atoms with Crippen molar-refractivity contribution in [3.05, 3.63) is 16.2 Å². The molecular formula is C11H18N4O4S2. The molecule has 118 valence electrons. The maximum atomic E-state index is 12.2. The van der Waals surface area contributed by atoms with Crippen LogP contribution in [0.2, 0.25) is 0 Å². The number of rotatable bonds is 6. The van der Waals surface area contributed by atoms with E-state index in [9.17, 15) is 18.5 Å². The average molecular weight is 334 g/mol. The summed E-state index contributed by atoms with van der Waals surface area (Å²) in [7, 11) is -3.78. The van der Waals surface area contributed by atoms with E-state index in [1.807, 2.05) is 0 Å². The second-order valence-electron chi connectivity index (χ2n) is 5.10. The molecule has 2 rings (SSSR count). The second kappa shape index (κ2) is 6.26. The van der Waals surface area contributed by atoms with Gasteiger partial charge in [0.2, 0.25) is 0 Å². The van der Waals surface area contributed by atoms with Crippen molar-refractivity contribution in [2.24, 2.45) is 0 Å². The lowest BCUT2D eigenvalue weighted by molar-refractivity contribution is -0.383. The van der Waals surface area contributed by atoms with Crippen LogP contribution in [0.3, 0.4) is 0 Å². The van der Waals surface area contributed by atoms with Gasteiger partial charge in [-0.25, -0.2) is 13.1 Å². The summed E-state index contributed by atoms with van der Waals surface area (Å²) >= 11 is 0.706. The summed E-state index contributed by atoms with van der Waals surface area (Å²) in [6.45, 7) is 4.36. The van der Waals surface area contributed by atoms with Gasteiger partial charge < -0.3 is 10.6 Å². The van der Waals surface area contributed by atoms with E-state index in [1.165, 1.54) is 0 Å². The number of hydrogen-bond donors (Lipinski definition) is 2. The first-order valence-electron chi connectivity index (χ1n) is 6.58. The SMILES string of the molecule is CC(CN1CCCC1)NS(=O)(=O)c1cc([N+](=O)[O-])c(N)s1. The number of sulfonamides is 1.